The van der Waals surface area contributed by atoms with Crippen molar-refractivity contribution in [2.75, 3.05) is 13.1 Å². The van der Waals surface area contributed by atoms with E-state index in [0.29, 0.717) is 0 Å². The number of rotatable bonds is 3. The molecule has 88 valence electrons. The highest BCUT2D eigenvalue weighted by Crippen LogP contribution is 2.22. The molecule has 0 radical (unpaired) electrons. The third-order valence-corrected chi connectivity index (χ3v) is 3.15. The Bertz CT molecular complexity index is 212. The number of hydrogen-bond donors (Lipinski definition) is 1. The highest BCUT2D eigenvalue weighted by Gasteiger charge is 2.30. The summed E-state index contributed by atoms with van der Waals surface area (Å²) in [6.07, 6.45) is 4.85. The zero-order chi connectivity index (χ0) is 11.5. The fraction of sp³-hybridized carbons (Fsp3) is 0.917. The summed E-state index contributed by atoms with van der Waals surface area (Å²) >= 11 is 0. The minimum Gasteiger partial charge on any atom is -0.341 e. The summed E-state index contributed by atoms with van der Waals surface area (Å²) in [5.41, 5.74) is 5.10. The van der Waals surface area contributed by atoms with Gasteiger partial charge in [0, 0.05) is 13.1 Å². The van der Waals surface area contributed by atoms with Crippen molar-refractivity contribution >= 4 is 5.91 Å². The number of amides is 1. The molecule has 3 heteroatoms. The lowest BCUT2D eigenvalue weighted by molar-refractivity contribution is -0.137. The Morgan fingerprint density at radius 2 is 1.93 bits per heavy atom. The monoisotopic (exact) mass is 212 g/mol. The van der Waals surface area contributed by atoms with Crippen LogP contribution in [0.15, 0.2) is 0 Å². The Labute approximate surface area is 93.0 Å². The van der Waals surface area contributed by atoms with Gasteiger partial charge in [0.1, 0.15) is 0 Å². The van der Waals surface area contributed by atoms with Gasteiger partial charge in [0.25, 0.3) is 0 Å². The van der Waals surface area contributed by atoms with Crippen LogP contribution in [0, 0.1) is 5.92 Å². The SMILES string of the molecule is CCCC1CCN(C(=O)C(C)(C)N)CC1. The standard InChI is InChI=1S/C12H24N2O/c1-4-5-10-6-8-14(9-7-10)11(15)12(2,3)13/h10H,4-9,13H2,1-3H3. The van der Waals surface area contributed by atoms with Crippen LogP contribution in [-0.4, -0.2) is 29.4 Å². The fourth-order valence-electron chi connectivity index (χ4n) is 2.24. The van der Waals surface area contributed by atoms with Gasteiger partial charge < -0.3 is 10.6 Å². The molecule has 0 unspecified atom stereocenters. The van der Waals surface area contributed by atoms with Gasteiger partial charge in [-0.2, -0.15) is 0 Å². The second-order valence-corrected chi connectivity index (χ2v) is 5.25. The molecule has 0 atom stereocenters. The van der Waals surface area contributed by atoms with E-state index in [0.717, 1.165) is 31.8 Å². The Hall–Kier alpha value is -0.570. The van der Waals surface area contributed by atoms with Crippen LogP contribution >= 0.6 is 0 Å². The molecule has 0 saturated carbocycles. The van der Waals surface area contributed by atoms with Gasteiger partial charge in [-0.25, -0.2) is 0 Å². The average Bonchev–Trinajstić information content (AvgIpc) is 2.17. The molecule has 1 fully saturated rings. The van der Waals surface area contributed by atoms with Crippen molar-refractivity contribution in [3.63, 3.8) is 0 Å². The van der Waals surface area contributed by atoms with E-state index in [4.69, 9.17) is 5.73 Å². The van der Waals surface area contributed by atoms with Crippen LogP contribution in [0.1, 0.15) is 46.5 Å². The molecule has 0 aromatic carbocycles. The lowest BCUT2D eigenvalue weighted by atomic mass is 9.91. The predicted molar refractivity (Wildman–Crippen MR) is 62.5 cm³/mol. The van der Waals surface area contributed by atoms with Gasteiger partial charge in [0.05, 0.1) is 5.54 Å². The fourth-order valence-corrected chi connectivity index (χ4v) is 2.24. The zero-order valence-electron chi connectivity index (χ0n) is 10.3. The molecule has 2 N–H and O–H groups in total. The topological polar surface area (TPSA) is 46.3 Å². The third-order valence-electron chi connectivity index (χ3n) is 3.15. The van der Waals surface area contributed by atoms with E-state index in [2.05, 4.69) is 6.92 Å². The lowest BCUT2D eigenvalue weighted by Gasteiger charge is -2.35. The number of likely N-dealkylation sites (tertiary alicyclic amines) is 1. The Morgan fingerprint density at radius 3 is 2.33 bits per heavy atom. The van der Waals surface area contributed by atoms with Crippen LogP contribution in [0.3, 0.4) is 0 Å². The molecule has 0 aromatic heterocycles. The van der Waals surface area contributed by atoms with E-state index in [9.17, 15) is 4.79 Å². The largest absolute Gasteiger partial charge is 0.341 e. The normalized spacial score (nSPS) is 19.3. The molecule has 1 aliphatic heterocycles. The quantitative estimate of drug-likeness (QED) is 0.775. The minimum atomic E-state index is -0.711. The smallest absolute Gasteiger partial charge is 0.242 e. The molecule has 1 heterocycles. The van der Waals surface area contributed by atoms with Crippen molar-refractivity contribution in [3.05, 3.63) is 0 Å². The summed E-state index contributed by atoms with van der Waals surface area (Å²) in [5.74, 6) is 0.914. The third kappa shape index (κ3) is 3.49. The van der Waals surface area contributed by atoms with E-state index in [1.165, 1.54) is 12.8 Å². The molecular weight excluding hydrogens is 188 g/mol. The first kappa shape index (κ1) is 12.5. The van der Waals surface area contributed by atoms with E-state index in [1.54, 1.807) is 13.8 Å². The van der Waals surface area contributed by atoms with Crippen molar-refractivity contribution in [2.45, 2.75) is 52.0 Å². The van der Waals surface area contributed by atoms with Gasteiger partial charge in [-0.15, -0.1) is 0 Å². The summed E-state index contributed by atoms with van der Waals surface area (Å²) in [6.45, 7) is 7.58. The molecular formula is C12H24N2O. The summed E-state index contributed by atoms with van der Waals surface area (Å²) in [7, 11) is 0. The minimum absolute atomic E-state index is 0.0949. The first-order valence-electron chi connectivity index (χ1n) is 6.03. The maximum Gasteiger partial charge on any atom is 0.242 e. The number of nitrogens with zero attached hydrogens (tertiary/aromatic N) is 1. The van der Waals surface area contributed by atoms with Crippen molar-refractivity contribution in [1.29, 1.82) is 0 Å². The summed E-state index contributed by atoms with van der Waals surface area (Å²) in [4.78, 5) is 13.8. The number of carbonyl (C=O) groups excluding carboxylic acids is 1. The van der Waals surface area contributed by atoms with E-state index < -0.39 is 5.54 Å². The first-order valence-corrected chi connectivity index (χ1v) is 6.03. The predicted octanol–water partition coefficient (Wildman–Crippen LogP) is 1.76. The van der Waals surface area contributed by atoms with Gasteiger partial charge in [-0.1, -0.05) is 19.8 Å². The van der Waals surface area contributed by atoms with Crippen molar-refractivity contribution in [2.24, 2.45) is 11.7 Å². The second kappa shape index (κ2) is 4.97. The van der Waals surface area contributed by atoms with E-state index >= 15 is 0 Å². The summed E-state index contributed by atoms with van der Waals surface area (Å²) < 4.78 is 0. The molecule has 15 heavy (non-hydrogen) atoms. The second-order valence-electron chi connectivity index (χ2n) is 5.25. The van der Waals surface area contributed by atoms with Crippen LogP contribution < -0.4 is 5.73 Å². The van der Waals surface area contributed by atoms with Crippen molar-refractivity contribution < 1.29 is 4.79 Å². The van der Waals surface area contributed by atoms with Gasteiger partial charge in [-0.05, 0) is 32.6 Å². The van der Waals surface area contributed by atoms with E-state index in [-0.39, 0.29) is 5.91 Å². The van der Waals surface area contributed by atoms with Crippen LogP contribution in [0.2, 0.25) is 0 Å². The van der Waals surface area contributed by atoms with Gasteiger partial charge in [0.15, 0.2) is 0 Å². The van der Waals surface area contributed by atoms with Crippen LogP contribution in [0.25, 0.3) is 0 Å². The Morgan fingerprint density at radius 1 is 1.40 bits per heavy atom. The van der Waals surface area contributed by atoms with Crippen LogP contribution in [-0.2, 0) is 4.79 Å². The molecule has 0 aliphatic carbocycles. The average molecular weight is 212 g/mol. The Kier molecular flexibility index (Phi) is 4.14. The Balaban J connectivity index is 2.41. The number of carbonyl (C=O) groups is 1. The molecule has 1 rings (SSSR count). The molecule has 3 nitrogen and oxygen atoms in total. The number of piperidine rings is 1. The van der Waals surface area contributed by atoms with Gasteiger partial charge in [-0.3, -0.25) is 4.79 Å². The van der Waals surface area contributed by atoms with Gasteiger partial charge >= 0.3 is 0 Å². The van der Waals surface area contributed by atoms with Crippen molar-refractivity contribution in [3.8, 4) is 0 Å². The van der Waals surface area contributed by atoms with Crippen molar-refractivity contribution in [1.82, 2.24) is 4.90 Å². The van der Waals surface area contributed by atoms with E-state index in [1.807, 2.05) is 4.90 Å². The first-order chi connectivity index (χ1) is 6.95. The molecule has 1 saturated heterocycles. The lowest BCUT2D eigenvalue weighted by Crippen LogP contribution is -2.53. The number of hydrogen-bond acceptors (Lipinski definition) is 2. The van der Waals surface area contributed by atoms with Crippen LogP contribution in [0.4, 0.5) is 0 Å². The molecule has 0 bridgehead atoms. The molecule has 1 amide bonds. The summed E-state index contributed by atoms with van der Waals surface area (Å²) in [6, 6.07) is 0. The molecule has 1 aliphatic rings. The molecule has 0 aromatic rings. The highest BCUT2D eigenvalue weighted by molar-refractivity contribution is 5.85. The van der Waals surface area contributed by atoms with Crippen LogP contribution in [0.5, 0.6) is 0 Å². The number of nitrogens with two attached hydrogens (primary N) is 1. The summed E-state index contributed by atoms with van der Waals surface area (Å²) in [5, 5.41) is 0. The molecule has 0 spiro atoms. The maximum absolute atomic E-state index is 11.9. The maximum atomic E-state index is 11.9. The highest BCUT2D eigenvalue weighted by atomic mass is 16.2. The van der Waals surface area contributed by atoms with Gasteiger partial charge in [0.2, 0.25) is 5.91 Å². The zero-order valence-corrected chi connectivity index (χ0v) is 10.3.